The predicted molar refractivity (Wildman–Crippen MR) is 72.4 cm³/mol. The first-order chi connectivity index (χ1) is 8.60. The molecule has 1 fully saturated rings. The van der Waals surface area contributed by atoms with Gasteiger partial charge in [0.2, 0.25) is 0 Å². The molecule has 0 amide bonds. The third kappa shape index (κ3) is 3.01. The van der Waals surface area contributed by atoms with Gasteiger partial charge in [0.25, 0.3) is 0 Å². The van der Waals surface area contributed by atoms with E-state index < -0.39 is 0 Å². The van der Waals surface area contributed by atoms with Gasteiger partial charge in [0.05, 0.1) is 5.69 Å². The van der Waals surface area contributed by atoms with Gasteiger partial charge in [0, 0.05) is 31.0 Å². The smallest absolute Gasteiger partial charge is 0.136 e. The Morgan fingerprint density at radius 1 is 1.50 bits per heavy atom. The van der Waals surface area contributed by atoms with Gasteiger partial charge in [-0.25, -0.2) is 0 Å². The number of carbonyl (C=O) groups is 1. The number of hydrogen-bond acceptors (Lipinski definition) is 2. The number of rotatable bonds is 4. The van der Waals surface area contributed by atoms with Gasteiger partial charge in [0.1, 0.15) is 5.78 Å². The molecule has 1 aromatic heterocycles. The van der Waals surface area contributed by atoms with Gasteiger partial charge in [-0.05, 0) is 38.7 Å². The molecule has 0 saturated heterocycles. The number of ketones is 1. The summed E-state index contributed by atoms with van der Waals surface area (Å²) in [6.07, 6.45) is 6.97. The van der Waals surface area contributed by atoms with Crippen molar-refractivity contribution in [1.29, 1.82) is 0 Å². The van der Waals surface area contributed by atoms with Crippen molar-refractivity contribution in [1.82, 2.24) is 9.78 Å². The maximum atomic E-state index is 12.0. The van der Waals surface area contributed by atoms with E-state index in [1.807, 2.05) is 10.9 Å². The van der Waals surface area contributed by atoms with Crippen molar-refractivity contribution >= 4 is 5.78 Å². The molecule has 100 valence electrons. The lowest BCUT2D eigenvalue weighted by molar-refractivity contribution is -0.125. The van der Waals surface area contributed by atoms with Crippen LogP contribution in [0.4, 0.5) is 0 Å². The van der Waals surface area contributed by atoms with Crippen LogP contribution in [0.25, 0.3) is 0 Å². The zero-order valence-corrected chi connectivity index (χ0v) is 11.7. The van der Waals surface area contributed by atoms with Crippen molar-refractivity contribution in [3.05, 3.63) is 18.0 Å². The van der Waals surface area contributed by atoms with E-state index in [-0.39, 0.29) is 5.92 Å². The highest BCUT2D eigenvalue weighted by molar-refractivity contribution is 5.81. The summed E-state index contributed by atoms with van der Waals surface area (Å²) in [7, 11) is 0. The largest absolute Gasteiger partial charge is 0.299 e. The third-order valence-corrected chi connectivity index (χ3v) is 4.10. The zero-order valence-electron chi connectivity index (χ0n) is 11.7. The van der Waals surface area contributed by atoms with Gasteiger partial charge >= 0.3 is 0 Å². The molecule has 1 aliphatic carbocycles. The molecular formula is C15H24N2O. The summed E-state index contributed by atoms with van der Waals surface area (Å²) in [6.45, 7) is 6.47. The first-order valence-electron chi connectivity index (χ1n) is 7.16. The highest BCUT2D eigenvalue weighted by Crippen LogP contribution is 2.30. The predicted octanol–water partition coefficient (Wildman–Crippen LogP) is 3.40. The quantitative estimate of drug-likeness (QED) is 0.818. The van der Waals surface area contributed by atoms with Crippen molar-refractivity contribution in [2.24, 2.45) is 11.8 Å². The molecule has 2 unspecified atom stereocenters. The molecule has 0 bridgehead atoms. The summed E-state index contributed by atoms with van der Waals surface area (Å²) in [6, 6.07) is 2.45. The standard InChI is InChI=1S/C15H24N2O/c1-4-12-5-6-15(18)13(9-12)10-14-7-8-17(16-14)11(2)3/h7-8,11-13H,4-6,9-10H2,1-3H3. The van der Waals surface area contributed by atoms with Gasteiger partial charge in [-0.3, -0.25) is 9.48 Å². The molecule has 0 aromatic carbocycles. The van der Waals surface area contributed by atoms with E-state index in [4.69, 9.17) is 0 Å². The van der Waals surface area contributed by atoms with Gasteiger partial charge in [-0.1, -0.05) is 13.3 Å². The summed E-state index contributed by atoms with van der Waals surface area (Å²) < 4.78 is 1.97. The van der Waals surface area contributed by atoms with Gasteiger partial charge in [0.15, 0.2) is 0 Å². The van der Waals surface area contributed by atoms with Crippen LogP contribution in [0.5, 0.6) is 0 Å². The minimum atomic E-state index is 0.208. The number of Topliss-reactive ketones (excluding diaryl/α,β-unsaturated/α-hetero) is 1. The molecule has 1 heterocycles. The second kappa shape index (κ2) is 5.68. The molecule has 1 aliphatic rings. The normalized spacial score (nSPS) is 24.8. The fourth-order valence-electron chi connectivity index (χ4n) is 2.80. The molecule has 1 saturated carbocycles. The lowest BCUT2D eigenvalue weighted by Gasteiger charge is -2.26. The van der Waals surface area contributed by atoms with E-state index in [0.717, 1.165) is 37.3 Å². The molecule has 3 nitrogen and oxygen atoms in total. The Morgan fingerprint density at radius 2 is 2.28 bits per heavy atom. The van der Waals surface area contributed by atoms with Crippen molar-refractivity contribution < 1.29 is 4.79 Å². The maximum Gasteiger partial charge on any atom is 0.136 e. The average Bonchev–Trinajstić information content (AvgIpc) is 2.81. The number of aromatic nitrogens is 2. The molecule has 0 radical (unpaired) electrons. The summed E-state index contributed by atoms with van der Waals surface area (Å²) in [5.74, 6) is 1.39. The molecule has 2 atom stereocenters. The minimum Gasteiger partial charge on any atom is -0.299 e. The van der Waals surface area contributed by atoms with Gasteiger partial charge in [-0.15, -0.1) is 0 Å². The van der Waals surface area contributed by atoms with Crippen LogP contribution in [-0.2, 0) is 11.2 Å². The molecule has 1 aromatic rings. The maximum absolute atomic E-state index is 12.0. The number of hydrogen-bond donors (Lipinski definition) is 0. The van der Waals surface area contributed by atoms with Crippen LogP contribution in [0.15, 0.2) is 12.3 Å². The highest BCUT2D eigenvalue weighted by atomic mass is 16.1. The SMILES string of the molecule is CCC1CCC(=O)C(Cc2ccn(C(C)C)n2)C1. The summed E-state index contributed by atoms with van der Waals surface area (Å²) in [5.41, 5.74) is 1.07. The topological polar surface area (TPSA) is 34.9 Å². The Hall–Kier alpha value is -1.12. The highest BCUT2D eigenvalue weighted by Gasteiger charge is 2.28. The van der Waals surface area contributed by atoms with Crippen LogP contribution in [0.1, 0.15) is 58.2 Å². The van der Waals surface area contributed by atoms with Crippen LogP contribution in [0, 0.1) is 11.8 Å². The van der Waals surface area contributed by atoms with Crippen molar-refractivity contribution in [3.63, 3.8) is 0 Å². The van der Waals surface area contributed by atoms with Crippen LogP contribution in [0.2, 0.25) is 0 Å². The molecule has 2 rings (SSSR count). The first kappa shape index (κ1) is 13.3. The van der Waals surface area contributed by atoms with E-state index in [1.165, 1.54) is 6.42 Å². The molecule has 0 N–H and O–H groups in total. The Balaban J connectivity index is 2.00. The number of carbonyl (C=O) groups excluding carboxylic acids is 1. The first-order valence-corrected chi connectivity index (χ1v) is 7.16. The van der Waals surface area contributed by atoms with E-state index >= 15 is 0 Å². The lowest BCUT2D eigenvalue weighted by atomic mass is 9.77. The van der Waals surface area contributed by atoms with Crippen molar-refractivity contribution in [3.8, 4) is 0 Å². The molecule has 0 aliphatic heterocycles. The summed E-state index contributed by atoms with van der Waals surface area (Å²) in [4.78, 5) is 12.0. The zero-order chi connectivity index (χ0) is 13.1. The molecule has 3 heteroatoms. The third-order valence-electron chi connectivity index (χ3n) is 4.10. The Morgan fingerprint density at radius 3 is 2.89 bits per heavy atom. The van der Waals surface area contributed by atoms with Gasteiger partial charge < -0.3 is 0 Å². The molecule has 18 heavy (non-hydrogen) atoms. The second-order valence-electron chi connectivity index (χ2n) is 5.80. The monoisotopic (exact) mass is 248 g/mol. The van der Waals surface area contributed by atoms with Crippen LogP contribution < -0.4 is 0 Å². The fourth-order valence-corrected chi connectivity index (χ4v) is 2.80. The van der Waals surface area contributed by atoms with Crippen molar-refractivity contribution in [2.45, 2.75) is 58.9 Å². The summed E-state index contributed by atoms with van der Waals surface area (Å²) >= 11 is 0. The second-order valence-corrected chi connectivity index (χ2v) is 5.80. The van der Waals surface area contributed by atoms with Crippen LogP contribution in [0.3, 0.4) is 0 Å². The van der Waals surface area contributed by atoms with E-state index in [1.54, 1.807) is 0 Å². The Labute approximate surface area is 110 Å². The molecular weight excluding hydrogens is 224 g/mol. The Bertz CT molecular complexity index is 408. The van der Waals surface area contributed by atoms with E-state index in [9.17, 15) is 4.79 Å². The average molecular weight is 248 g/mol. The Kier molecular flexibility index (Phi) is 4.20. The fraction of sp³-hybridized carbons (Fsp3) is 0.733. The lowest BCUT2D eigenvalue weighted by Crippen LogP contribution is -2.26. The van der Waals surface area contributed by atoms with Gasteiger partial charge in [-0.2, -0.15) is 5.10 Å². The minimum absolute atomic E-state index is 0.208. The summed E-state index contributed by atoms with van der Waals surface area (Å²) in [5, 5.41) is 4.55. The van der Waals surface area contributed by atoms with E-state index in [0.29, 0.717) is 11.8 Å². The van der Waals surface area contributed by atoms with Crippen LogP contribution in [-0.4, -0.2) is 15.6 Å². The van der Waals surface area contributed by atoms with Crippen molar-refractivity contribution in [2.75, 3.05) is 0 Å². The number of nitrogens with zero attached hydrogens (tertiary/aromatic N) is 2. The van der Waals surface area contributed by atoms with Crippen LogP contribution >= 0.6 is 0 Å². The van der Waals surface area contributed by atoms with E-state index in [2.05, 4.69) is 31.9 Å². The molecule has 0 spiro atoms.